The molecule has 0 fully saturated rings. The Labute approximate surface area is 89.7 Å². The highest BCUT2D eigenvalue weighted by Gasteiger charge is 2.14. The lowest BCUT2D eigenvalue weighted by Gasteiger charge is -2.00. The molecule has 80 valence electrons. The minimum absolute atomic E-state index is 0.0686. The lowest BCUT2D eigenvalue weighted by atomic mass is 10.1. The van der Waals surface area contributed by atoms with Crippen LogP contribution in [0.2, 0.25) is 0 Å². The van der Waals surface area contributed by atoms with Crippen LogP contribution in [0.3, 0.4) is 0 Å². The molecule has 1 aromatic heterocycles. The molecule has 6 heteroatoms. The summed E-state index contributed by atoms with van der Waals surface area (Å²) < 4.78 is 0. The van der Waals surface area contributed by atoms with Crippen LogP contribution >= 0.6 is 0 Å². The molecule has 0 unspecified atom stereocenters. The van der Waals surface area contributed by atoms with Gasteiger partial charge in [0.2, 0.25) is 0 Å². The number of Topliss-reactive ketones (excluding diaryl/α,β-unsaturated/α-hetero) is 1. The highest BCUT2D eigenvalue weighted by atomic mass is 16.4. The Morgan fingerprint density at radius 3 is 2.69 bits per heavy atom. The summed E-state index contributed by atoms with van der Waals surface area (Å²) in [6, 6.07) is 4.26. The number of hydrogen-bond acceptors (Lipinski definition) is 5. The van der Waals surface area contributed by atoms with Crippen LogP contribution in [0.5, 0.6) is 0 Å². The number of nitrogens with two attached hydrogens (primary N) is 1. The Balaban J connectivity index is 2.57. The Morgan fingerprint density at radius 1 is 1.25 bits per heavy atom. The topological polar surface area (TPSA) is 106 Å². The number of ketones is 1. The van der Waals surface area contributed by atoms with Crippen molar-refractivity contribution in [2.75, 3.05) is 5.73 Å². The zero-order valence-corrected chi connectivity index (χ0v) is 8.04. The summed E-state index contributed by atoms with van der Waals surface area (Å²) >= 11 is 0. The van der Waals surface area contributed by atoms with Crippen LogP contribution in [0.1, 0.15) is 10.4 Å². The van der Waals surface area contributed by atoms with Crippen LogP contribution in [0.25, 0.3) is 11.0 Å². The van der Waals surface area contributed by atoms with Gasteiger partial charge < -0.3 is 10.8 Å². The van der Waals surface area contributed by atoms with Crippen molar-refractivity contribution in [3.05, 3.63) is 30.0 Å². The fraction of sp³-hybridized carbons (Fsp3) is 0. The number of rotatable bonds is 2. The number of carbonyl (C=O) groups is 2. The van der Waals surface area contributed by atoms with Crippen LogP contribution in [0.4, 0.5) is 5.82 Å². The lowest BCUT2D eigenvalue weighted by Crippen LogP contribution is -2.12. The van der Waals surface area contributed by atoms with Crippen molar-refractivity contribution in [3.63, 3.8) is 0 Å². The van der Waals surface area contributed by atoms with Gasteiger partial charge in [0.25, 0.3) is 5.78 Å². The van der Waals surface area contributed by atoms with Crippen LogP contribution in [-0.4, -0.2) is 26.8 Å². The van der Waals surface area contributed by atoms with Crippen LogP contribution in [0, 0.1) is 0 Å². The molecule has 1 heterocycles. The van der Waals surface area contributed by atoms with Crippen molar-refractivity contribution in [2.45, 2.75) is 0 Å². The number of carbonyl (C=O) groups excluding carboxylic acids is 1. The summed E-state index contributed by atoms with van der Waals surface area (Å²) in [4.78, 5) is 29.6. The first-order valence-corrected chi connectivity index (χ1v) is 4.38. The number of aliphatic carboxylic acids is 1. The Bertz CT molecular complexity index is 595. The number of nitrogen functional groups attached to an aromatic ring is 1. The van der Waals surface area contributed by atoms with E-state index in [1.165, 1.54) is 24.4 Å². The molecule has 0 atom stereocenters. The number of anilines is 1. The molecule has 0 bridgehead atoms. The summed E-state index contributed by atoms with van der Waals surface area (Å²) in [5, 5.41) is 8.55. The fourth-order valence-electron chi connectivity index (χ4n) is 1.29. The third-order valence-electron chi connectivity index (χ3n) is 2.02. The van der Waals surface area contributed by atoms with Crippen molar-refractivity contribution in [1.29, 1.82) is 0 Å². The molecule has 0 saturated heterocycles. The van der Waals surface area contributed by atoms with Gasteiger partial charge in [0, 0.05) is 5.56 Å². The molecule has 0 aliphatic heterocycles. The molecule has 16 heavy (non-hydrogen) atoms. The van der Waals surface area contributed by atoms with E-state index in [1.54, 1.807) is 0 Å². The second-order valence-corrected chi connectivity index (χ2v) is 3.13. The van der Waals surface area contributed by atoms with Gasteiger partial charge in [0.1, 0.15) is 5.82 Å². The van der Waals surface area contributed by atoms with E-state index in [1.807, 2.05) is 0 Å². The summed E-state index contributed by atoms with van der Waals surface area (Å²) in [5.74, 6) is -2.20. The maximum Gasteiger partial charge on any atom is 0.377 e. The van der Waals surface area contributed by atoms with Gasteiger partial charge in [-0.05, 0) is 18.2 Å². The zero-order chi connectivity index (χ0) is 11.7. The first-order valence-electron chi connectivity index (χ1n) is 4.38. The van der Waals surface area contributed by atoms with Crippen LogP contribution in [-0.2, 0) is 4.79 Å². The summed E-state index contributed by atoms with van der Waals surface area (Å²) in [6.45, 7) is 0. The number of carboxylic acid groups (broad SMARTS) is 1. The Kier molecular flexibility index (Phi) is 2.24. The van der Waals surface area contributed by atoms with Crippen LogP contribution in [0.15, 0.2) is 24.4 Å². The second-order valence-electron chi connectivity index (χ2n) is 3.13. The Hall–Kier alpha value is -2.50. The SMILES string of the molecule is Nc1cnc2cc(C(=O)C(=O)O)ccc2n1. The first kappa shape index (κ1) is 10.0. The predicted molar refractivity (Wildman–Crippen MR) is 55.9 cm³/mol. The molecule has 0 aliphatic rings. The molecule has 1 aromatic carbocycles. The molecule has 3 N–H and O–H groups in total. The van der Waals surface area contributed by atoms with Gasteiger partial charge in [-0.3, -0.25) is 9.78 Å². The number of nitrogens with zero attached hydrogens (tertiary/aromatic N) is 2. The van der Waals surface area contributed by atoms with E-state index < -0.39 is 11.8 Å². The number of fused-ring (bicyclic) bond motifs is 1. The van der Waals surface area contributed by atoms with E-state index in [-0.39, 0.29) is 11.4 Å². The lowest BCUT2D eigenvalue weighted by molar-refractivity contribution is -0.131. The summed E-state index contributed by atoms with van der Waals surface area (Å²) in [7, 11) is 0. The monoisotopic (exact) mass is 217 g/mol. The van der Waals surface area contributed by atoms with E-state index in [9.17, 15) is 9.59 Å². The molecule has 0 spiro atoms. The second kappa shape index (κ2) is 3.58. The molecule has 0 saturated carbocycles. The third kappa shape index (κ3) is 1.68. The molecule has 0 amide bonds. The number of benzene rings is 1. The normalized spacial score (nSPS) is 10.2. The standard InChI is InChI=1S/C10H7N3O3/c11-8-4-12-7-3-5(9(14)10(15)16)1-2-6(7)13-8/h1-4H,(H2,11,13)(H,15,16). The van der Waals surface area contributed by atoms with Gasteiger partial charge in [-0.25, -0.2) is 9.78 Å². The highest BCUT2D eigenvalue weighted by molar-refractivity contribution is 6.40. The molecule has 2 aromatic rings. The first-order chi connectivity index (χ1) is 7.58. The largest absolute Gasteiger partial charge is 0.475 e. The van der Waals surface area contributed by atoms with Crippen molar-refractivity contribution < 1.29 is 14.7 Å². The van der Waals surface area contributed by atoms with Crippen molar-refractivity contribution >= 4 is 28.6 Å². The maximum absolute atomic E-state index is 11.2. The van der Waals surface area contributed by atoms with Gasteiger partial charge in [-0.2, -0.15) is 0 Å². The molecule has 0 radical (unpaired) electrons. The number of hydrogen-bond donors (Lipinski definition) is 2. The van der Waals surface area contributed by atoms with Gasteiger partial charge >= 0.3 is 5.97 Å². The molecule has 0 aliphatic carbocycles. The van der Waals surface area contributed by atoms with Crippen molar-refractivity contribution in [1.82, 2.24) is 9.97 Å². The maximum atomic E-state index is 11.2. The van der Waals surface area contributed by atoms with Crippen molar-refractivity contribution in [3.8, 4) is 0 Å². The summed E-state index contributed by atoms with van der Waals surface area (Å²) in [6.07, 6.45) is 1.34. The third-order valence-corrected chi connectivity index (χ3v) is 2.02. The molecular formula is C10H7N3O3. The highest BCUT2D eigenvalue weighted by Crippen LogP contribution is 2.13. The molecule has 6 nitrogen and oxygen atoms in total. The average molecular weight is 217 g/mol. The Morgan fingerprint density at radius 2 is 2.00 bits per heavy atom. The number of carboxylic acids is 1. The van der Waals surface area contributed by atoms with Gasteiger partial charge in [0.15, 0.2) is 0 Å². The van der Waals surface area contributed by atoms with E-state index in [0.29, 0.717) is 11.0 Å². The smallest absolute Gasteiger partial charge is 0.377 e. The molecular weight excluding hydrogens is 210 g/mol. The zero-order valence-electron chi connectivity index (χ0n) is 8.04. The predicted octanol–water partition coefficient (Wildman–Crippen LogP) is 0.479. The summed E-state index contributed by atoms with van der Waals surface area (Å²) in [5.41, 5.74) is 6.45. The average Bonchev–Trinajstić information content (AvgIpc) is 2.27. The van der Waals surface area contributed by atoms with Crippen molar-refractivity contribution in [2.24, 2.45) is 0 Å². The van der Waals surface area contributed by atoms with E-state index in [2.05, 4.69) is 9.97 Å². The van der Waals surface area contributed by atoms with Gasteiger partial charge in [-0.15, -0.1) is 0 Å². The molecule has 2 rings (SSSR count). The van der Waals surface area contributed by atoms with E-state index >= 15 is 0 Å². The fourth-order valence-corrected chi connectivity index (χ4v) is 1.29. The van der Waals surface area contributed by atoms with E-state index in [0.717, 1.165) is 0 Å². The minimum Gasteiger partial charge on any atom is -0.475 e. The number of aromatic nitrogens is 2. The van der Waals surface area contributed by atoms with E-state index in [4.69, 9.17) is 10.8 Å². The van der Waals surface area contributed by atoms with Crippen LogP contribution < -0.4 is 5.73 Å². The quantitative estimate of drug-likeness (QED) is 0.559. The van der Waals surface area contributed by atoms with Gasteiger partial charge in [0.05, 0.1) is 17.2 Å². The minimum atomic E-state index is -1.50. The van der Waals surface area contributed by atoms with Gasteiger partial charge in [-0.1, -0.05) is 0 Å².